The highest BCUT2D eigenvalue weighted by Crippen LogP contribution is 2.37. The number of hydrogen-bond donors (Lipinski definition) is 0. The van der Waals surface area contributed by atoms with Crippen molar-refractivity contribution in [2.24, 2.45) is 0 Å². The van der Waals surface area contributed by atoms with Crippen LogP contribution in [0.2, 0.25) is 0 Å². The van der Waals surface area contributed by atoms with Gasteiger partial charge >= 0.3 is 0 Å². The average molecular weight is 380 g/mol. The summed E-state index contributed by atoms with van der Waals surface area (Å²) in [5.74, 6) is 0. The van der Waals surface area contributed by atoms with Crippen LogP contribution in [0.1, 0.15) is 47.8 Å². The van der Waals surface area contributed by atoms with Gasteiger partial charge in [0.1, 0.15) is 6.61 Å². The minimum Gasteiger partial charge on any atom is -0.409 e. The predicted octanol–water partition coefficient (Wildman–Crippen LogP) is 6.54. The molecular weight excluding hydrogens is 350 g/mol. The Hall–Kier alpha value is -2.13. The molecule has 2 aromatic carbocycles. The van der Waals surface area contributed by atoms with Crippen LogP contribution in [-0.4, -0.2) is 4.73 Å². The second kappa shape index (κ2) is 9.18. The van der Waals surface area contributed by atoms with E-state index in [0.29, 0.717) is 6.61 Å². The van der Waals surface area contributed by atoms with E-state index in [9.17, 15) is 0 Å². The van der Waals surface area contributed by atoms with Crippen molar-refractivity contribution < 1.29 is 4.84 Å². The Labute approximate surface area is 167 Å². The molecule has 0 atom stereocenters. The van der Waals surface area contributed by atoms with E-state index >= 15 is 0 Å². The van der Waals surface area contributed by atoms with Crippen LogP contribution >= 0.6 is 11.8 Å². The Morgan fingerprint density at radius 2 is 1.63 bits per heavy atom. The van der Waals surface area contributed by atoms with Gasteiger partial charge in [-0.1, -0.05) is 73.1 Å². The van der Waals surface area contributed by atoms with Crippen LogP contribution in [0.4, 0.5) is 0 Å². The minimum atomic E-state index is 0.587. The zero-order valence-electron chi connectivity index (χ0n) is 16.8. The van der Waals surface area contributed by atoms with Crippen LogP contribution in [0, 0.1) is 20.8 Å². The number of nitrogens with zero attached hydrogens (tertiary/aromatic N) is 1. The number of unbranched alkanes of at least 4 members (excludes halogenated alkanes) is 1. The number of hydrogen-bond acceptors (Lipinski definition) is 2. The fourth-order valence-electron chi connectivity index (χ4n) is 3.13. The van der Waals surface area contributed by atoms with Gasteiger partial charge < -0.3 is 4.84 Å². The molecule has 1 aromatic heterocycles. The highest BCUT2D eigenvalue weighted by Gasteiger charge is 2.19. The van der Waals surface area contributed by atoms with E-state index in [-0.39, 0.29) is 0 Å². The summed E-state index contributed by atoms with van der Waals surface area (Å²) in [7, 11) is 0. The van der Waals surface area contributed by atoms with E-state index in [2.05, 4.69) is 81.0 Å². The van der Waals surface area contributed by atoms with Gasteiger partial charge in [0.05, 0.1) is 11.4 Å². The van der Waals surface area contributed by atoms with Crippen molar-refractivity contribution in [2.45, 2.75) is 63.4 Å². The van der Waals surface area contributed by atoms with Crippen molar-refractivity contribution >= 4 is 11.8 Å². The Bertz CT molecular complexity index is 866. The first-order valence-corrected chi connectivity index (χ1v) is 10.5. The van der Waals surface area contributed by atoms with Gasteiger partial charge in [-0.25, -0.2) is 0 Å². The number of rotatable bonds is 8. The summed E-state index contributed by atoms with van der Waals surface area (Å²) in [6.45, 7) is 9.33. The lowest BCUT2D eigenvalue weighted by molar-refractivity contribution is 0.0863. The fourth-order valence-corrected chi connectivity index (χ4v) is 4.25. The third-order valence-corrected chi connectivity index (χ3v) is 6.16. The van der Waals surface area contributed by atoms with Crippen molar-refractivity contribution in [3.63, 3.8) is 0 Å². The standard InChI is InChI=1S/C24H29NOS/c1-5-6-12-23-24(27-22-15-13-18(2)14-16-22)19(3)20(4)25(23)26-17-21-10-8-7-9-11-21/h7-11,13-16H,5-6,12,17H2,1-4H3. The van der Waals surface area contributed by atoms with Gasteiger partial charge in [-0.05, 0) is 56.9 Å². The molecule has 0 saturated carbocycles. The second-order valence-corrected chi connectivity index (χ2v) is 8.14. The Kier molecular flexibility index (Phi) is 6.68. The summed E-state index contributed by atoms with van der Waals surface area (Å²) in [6.07, 6.45) is 3.38. The van der Waals surface area contributed by atoms with Crippen molar-refractivity contribution in [1.82, 2.24) is 4.73 Å². The first-order valence-electron chi connectivity index (χ1n) is 9.72. The van der Waals surface area contributed by atoms with E-state index in [4.69, 9.17) is 4.84 Å². The normalized spacial score (nSPS) is 11.0. The molecule has 0 radical (unpaired) electrons. The summed E-state index contributed by atoms with van der Waals surface area (Å²) in [6, 6.07) is 19.2. The molecule has 0 aliphatic heterocycles. The summed E-state index contributed by atoms with van der Waals surface area (Å²) < 4.78 is 2.08. The summed E-state index contributed by atoms with van der Waals surface area (Å²) in [5, 5.41) is 0. The highest BCUT2D eigenvalue weighted by atomic mass is 32.2. The third-order valence-electron chi connectivity index (χ3n) is 4.91. The van der Waals surface area contributed by atoms with E-state index < -0.39 is 0 Å². The Morgan fingerprint density at radius 1 is 0.926 bits per heavy atom. The average Bonchev–Trinajstić information content (AvgIpc) is 2.91. The Morgan fingerprint density at radius 3 is 2.30 bits per heavy atom. The van der Waals surface area contributed by atoms with Gasteiger partial charge in [0.2, 0.25) is 0 Å². The molecule has 0 amide bonds. The minimum absolute atomic E-state index is 0.587. The van der Waals surface area contributed by atoms with Crippen molar-refractivity contribution in [3.8, 4) is 0 Å². The lowest BCUT2D eigenvalue weighted by Crippen LogP contribution is -2.16. The van der Waals surface area contributed by atoms with Crippen molar-refractivity contribution in [3.05, 3.63) is 82.7 Å². The lowest BCUT2D eigenvalue weighted by Gasteiger charge is -2.14. The maximum absolute atomic E-state index is 6.27. The molecule has 0 N–H and O–H groups in total. The molecule has 0 saturated heterocycles. The van der Waals surface area contributed by atoms with E-state index in [1.165, 1.54) is 50.7 Å². The molecule has 1 heterocycles. The third kappa shape index (κ3) is 4.78. The van der Waals surface area contributed by atoms with E-state index in [0.717, 1.165) is 6.42 Å². The molecule has 0 aliphatic rings. The van der Waals surface area contributed by atoms with Crippen LogP contribution in [0.15, 0.2) is 64.4 Å². The smallest absolute Gasteiger partial charge is 0.140 e. The van der Waals surface area contributed by atoms with Gasteiger partial charge in [-0.15, -0.1) is 0 Å². The summed E-state index contributed by atoms with van der Waals surface area (Å²) >= 11 is 1.86. The topological polar surface area (TPSA) is 14.2 Å². The quantitative estimate of drug-likeness (QED) is 0.441. The van der Waals surface area contributed by atoms with Gasteiger partial charge in [-0.3, -0.25) is 0 Å². The maximum atomic E-state index is 6.27. The Balaban J connectivity index is 1.90. The van der Waals surface area contributed by atoms with E-state index in [1.807, 2.05) is 17.8 Å². The maximum Gasteiger partial charge on any atom is 0.140 e. The van der Waals surface area contributed by atoms with Gasteiger partial charge in [-0.2, -0.15) is 4.73 Å². The van der Waals surface area contributed by atoms with Gasteiger partial charge in [0.15, 0.2) is 0 Å². The zero-order valence-corrected chi connectivity index (χ0v) is 17.6. The van der Waals surface area contributed by atoms with Crippen LogP contribution in [0.5, 0.6) is 0 Å². The molecule has 3 rings (SSSR count). The molecular formula is C24H29NOS. The highest BCUT2D eigenvalue weighted by molar-refractivity contribution is 7.99. The molecule has 0 unspecified atom stereocenters. The molecule has 2 nitrogen and oxygen atoms in total. The SMILES string of the molecule is CCCCc1c(Sc2ccc(C)cc2)c(C)c(C)n1OCc1ccccc1. The van der Waals surface area contributed by atoms with Crippen LogP contribution in [0.3, 0.4) is 0 Å². The first kappa shape index (κ1) is 19.6. The molecule has 3 aromatic rings. The monoisotopic (exact) mass is 379 g/mol. The summed E-state index contributed by atoms with van der Waals surface area (Å²) in [5.41, 5.74) is 6.30. The lowest BCUT2D eigenvalue weighted by atomic mass is 10.2. The largest absolute Gasteiger partial charge is 0.409 e. The molecule has 3 heteroatoms. The predicted molar refractivity (Wildman–Crippen MR) is 115 cm³/mol. The van der Waals surface area contributed by atoms with E-state index in [1.54, 1.807) is 0 Å². The number of aryl methyl sites for hydroxylation is 1. The van der Waals surface area contributed by atoms with Crippen LogP contribution in [0.25, 0.3) is 0 Å². The van der Waals surface area contributed by atoms with Crippen LogP contribution < -0.4 is 4.84 Å². The molecule has 0 spiro atoms. The second-order valence-electron chi connectivity index (χ2n) is 7.06. The van der Waals surface area contributed by atoms with Crippen LogP contribution in [-0.2, 0) is 13.0 Å². The molecule has 0 aliphatic carbocycles. The van der Waals surface area contributed by atoms with Crippen molar-refractivity contribution in [1.29, 1.82) is 0 Å². The van der Waals surface area contributed by atoms with Gasteiger partial charge in [0.25, 0.3) is 0 Å². The molecule has 0 fully saturated rings. The first-order chi connectivity index (χ1) is 13.1. The molecule has 27 heavy (non-hydrogen) atoms. The fraction of sp³-hybridized carbons (Fsp3) is 0.333. The zero-order chi connectivity index (χ0) is 19.2. The molecule has 142 valence electrons. The summed E-state index contributed by atoms with van der Waals surface area (Å²) in [4.78, 5) is 8.90. The molecule has 0 bridgehead atoms. The van der Waals surface area contributed by atoms with Crippen molar-refractivity contribution in [2.75, 3.05) is 0 Å². The van der Waals surface area contributed by atoms with Gasteiger partial charge in [0, 0.05) is 9.79 Å². The number of aromatic nitrogens is 1. The number of benzene rings is 2.